The van der Waals surface area contributed by atoms with Crippen LogP contribution < -0.4 is 0 Å². The third kappa shape index (κ3) is 1.84. The minimum atomic E-state index is -0.354. The Hall–Kier alpha value is -0.830. The Morgan fingerprint density at radius 3 is 3.00 bits per heavy atom. The number of rotatable bonds is 2. The zero-order chi connectivity index (χ0) is 7.56. The predicted molar refractivity (Wildman–Crippen MR) is 37.8 cm³/mol. The highest BCUT2D eigenvalue weighted by Crippen LogP contribution is 1.99. The van der Waals surface area contributed by atoms with Crippen molar-refractivity contribution in [3.63, 3.8) is 0 Å². The van der Waals surface area contributed by atoms with Gasteiger partial charge in [0.1, 0.15) is 0 Å². The van der Waals surface area contributed by atoms with Crippen LogP contribution >= 0.6 is 11.6 Å². The van der Waals surface area contributed by atoms with E-state index in [1.54, 1.807) is 24.1 Å². The van der Waals surface area contributed by atoms with Gasteiger partial charge in [-0.05, 0) is 17.2 Å². The maximum absolute atomic E-state index is 10.4. The van der Waals surface area contributed by atoms with Crippen molar-refractivity contribution in [3.05, 3.63) is 18.0 Å². The second kappa shape index (κ2) is 2.84. The van der Waals surface area contributed by atoms with Gasteiger partial charge in [-0.15, -0.1) is 0 Å². The van der Waals surface area contributed by atoms with Gasteiger partial charge in [0.05, 0.1) is 6.20 Å². The SMILES string of the molecule is Cn1cc(CC(=O)Cl)cn1. The molecule has 0 amide bonds. The van der Waals surface area contributed by atoms with Crippen LogP contribution in [-0.4, -0.2) is 15.0 Å². The van der Waals surface area contributed by atoms with E-state index >= 15 is 0 Å². The number of halogens is 1. The average Bonchev–Trinajstić information content (AvgIpc) is 2.13. The highest BCUT2D eigenvalue weighted by molar-refractivity contribution is 6.63. The molecular weight excluding hydrogens is 152 g/mol. The smallest absolute Gasteiger partial charge is 0.226 e. The summed E-state index contributed by atoms with van der Waals surface area (Å²) in [4.78, 5) is 10.4. The van der Waals surface area contributed by atoms with E-state index in [9.17, 15) is 4.79 Å². The molecule has 0 aliphatic carbocycles. The summed E-state index contributed by atoms with van der Waals surface area (Å²) in [6.07, 6.45) is 3.65. The third-order valence-corrected chi connectivity index (χ3v) is 1.24. The number of hydrogen-bond donors (Lipinski definition) is 0. The molecule has 4 heteroatoms. The standard InChI is InChI=1S/C6H7ClN2O/c1-9-4-5(3-8-9)2-6(7)10/h3-4H,2H2,1H3. The molecule has 10 heavy (non-hydrogen) atoms. The quantitative estimate of drug-likeness (QED) is 0.595. The van der Waals surface area contributed by atoms with Crippen LogP contribution in [0.15, 0.2) is 12.4 Å². The van der Waals surface area contributed by atoms with Gasteiger partial charge in [0.15, 0.2) is 0 Å². The highest BCUT2D eigenvalue weighted by Gasteiger charge is 2.00. The molecule has 1 rings (SSSR count). The van der Waals surface area contributed by atoms with Gasteiger partial charge in [-0.25, -0.2) is 0 Å². The Morgan fingerprint density at radius 2 is 2.60 bits per heavy atom. The summed E-state index contributed by atoms with van der Waals surface area (Å²) in [5.74, 6) is 0. The molecule has 54 valence electrons. The summed E-state index contributed by atoms with van der Waals surface area (Å²) < 4.78 is 1.63. The van der Waals surface area contributed by atoms with Gasteiger partial charge in [0.2, 0.25) is 5.24 Å². The fourth-order valence-corrected chi connectivity index (χ4v) is 0.878. The van der Waals surface area contributed by atoms with Gasteiger partial charge >= 0.3 is 0 Å². The first-order valence-electron chi connectivity index (χ1n) is 2.84. The molecule has 0 spiro atoms. The summed E-state index contributed by atoms with van der Waals surface area (Å²) >= 11 is 5.15. The second-order valence-electron chi connectivity index (χ2n) is 2.05. The second-order valence-corrected chi connectivity index (χ2v) is 2.48. The molecule has 0 radical (unpaired) electrons. The fourth-order valence-electron chi connectivity index (χ4n) is 0.724. The van der Waals surface area contributed by atoms with Crippen molar-refractivity contribution < 1.29 is 4.79 Å². The fraction of sp³-hybridized carbons (Fsp3) is 0.333. The van der Waals surface area contributed by atoms with Crippen molar-refractivity contribution in [1.29, 1.82) is 0 Å². The lowest BCUT2D eigenvalue weighted by atomic mass is 10.3. The maximum atomic E-state index is 10.4. The highest BCUT2D eigenvalue weighted by atomic mass is 35.5. The zero-order valence-electron chi connectivity index (χ0n) is 5.54. The molecule has 1 heterocycles. The Balaban J connectivity index is 2.67. The van der Waals surface area contributed by atoms with E-state index in [1.807, 2.05) is 0 Å². The van der Waals surface area contributed by atoms with Crippen molar-refractivity contribution in [3.8, 4) is 0 Å². The lowest BCUT2D eigenvalue weighted by Crippen LogP contribution is -1.91. The molecule has 3 nitrogen and oxygen atoms in total. The van der Waals surface area contributed by atoms with Crippen LogP contribution in [0.1, 0.15) is 5.56 Å². The molecule has 0 fully saturated rings. The average molecular weight is 159 g/mol. The maximum Gasteiger partial charge on any atom is 0.226 e. The molecule has 0 atom stereocenters. The van der Waals surface area contributed by atoms with Crippen molar-refractivity contribution >= 4 is 16.8 Å². The minimum absolute atomic E-state index is 0.259. The molecule has 0 N–H and O–H groups in total. The van der Waals surface area contributed by atoms with Gasteiger partial charge < -0.3 is 0 Å². The van der Waals surface area contributed by atoms with E-state index in [4.69, 9.17) is 11.6 Å². The summed E-state index contributed by atoms with van der Waals surface area (Å²) in [6, 6.07) is 0. The van der Waals surface area contributed by atoms with Crippen LogP contribution in [-0.2, 0) is 18.3 Å². The topological polar surface area (TPSA) is 34.9 Å². The third-order valence-electron chi connectivity index (χ3n) is 1.10. The van der Waals surface area contributed by atoms with E-state index in [-0.39, 0.29) is 11.7 Å². The summed E-state index contributed by atoms with van der Waals surface area (Å²) in [6.45, 7) is 0. The first-order chi connectivity index (χ1) is 4.68. The molecule has 0 unspecified atom stereocenters. The number of aromatic nitrogens is 2. The Kier molecular flexibility index (Phi) is 2.06. The van der Waals surface area contributed by atoms with Crippen LogP contribution in [0.25, 0.3) is 0 Å². The van der Waals surface area contributed by atoms with Gasteiger partial charge in [-0.3, -0.25) is 9.48 Å². The van der Waals surface area contributed by atoms with E-state index in [1.165, 1.54) is 0 Å². The molecular formula is C6H7ClN2O. The normalized spacial score (nSPS) is 9.80. The van der Waals surface area contributed by atoms with Crippen LogP contribution in [0, 0.1) is 0 Å². The zero-order valence-corrected chi connectivity index (χ0v) is 6.30. The summed E-state index contributed by atoms with van der Waals surface area (Å²) in [5.41, 5.74) is 0.850. The molecule has 0 saturated carbocycles. The Morgan fingerprint density at radius 1 is 1.90 bits per heavy atom. The number of nitrogens with zero attached hydrogens (tertiary/aromatic N) is 2. The molecule has 0 aliphatic rings. The van der Waals surface area contributed by atoms with Crippen molar-refractivity contribution in [2.45, 2.75) is 6.42 Å². The van der Waals surface area contributed by atoms with Gasteiger partial charge in [-0.2, -0.15) is 5.10 Å². The largest absolute Gasteiger partial charge is 0.281 e. The van der Waals surface area contributed by atoms with E-state index < -0.39 is 0 Å². The van der Waals surface area contributed by atoms with E-state index in [0.29, 0.717) is 0 Å². The molecule has 0 bridgehead atoms. The number of aryl methyl sites for hydroxylation is 1. The number of hydrogen-bond acceptors (Lipinski definition) is 2. The van der Waals surface area contributed by atoms with Crippen molar-refractivity contribution in [2.24, 2.45) is 7.05 Å². The predicted octanol–water partition coefficient (Wildman–Crippen LogP) is 0.728. The van der Waals surface area contributed by atoms with Crippen LogP contribution in [0.5, 0.6) is 0 Å². The van der Waals surface area contributed by atoms with Crippen molar-refractivity contribution in [1.82, 2.24) is 9.78 Å². The Bertz CT molecular complexity index is 244. The molecule has 0 aromatic carbocycles. The molecule has 1 aromatic heterocycles. The van der Waals surface area contributed by atoms with Crippen LogP contribution in [0.3, 0.4) is 0 Å². The molecule has 1 aromatic rings. The summed E-state index contributed by atoms with van der Waals surface area (Å²) in [7, 11) is 1.79. The number of carbonyl (C=O) groups is 1. The van der Waals surface area contributed by atoms with Crippen LogP contribution in [0.4, 0.5) is 0 Å². The molecule has 0 aliphatic heterocycles. The van der Waals surface area contributed by atoms with Crippen LogP contribution in [0.2, 0.25) is 0 Å². The van der Waals surface area contributed by atoms with Gasteiger partial charge in [-0.1, -0.05) is 0 Å². The van der Waals surface area contributed by atoms with E-state index in [0.717, 1.165) is 5.56 Å². The van der Waals surface area contributed by atoms with E-state index in [2.05, 4.69) is 5.10 Å². The van der Waals surface area contributed by atoms with Gasteiger partial charge in [0.25, 0.3) is 0 Å². The lowest BCUT2D eigenvalue weighted by molar-refractivity contribution is -0.111. The summed E-state index contributed by atoms with van der Waals surface area (Å²) in [5, 5.41) is 3.52. The van der Waals surface area contributed by atoms with Crippen molar-refractivity contribution in [2.75, 3.05) is 0 Å². The Labute approximate surface area is 63.6 Å². The molecule has 0 saturated heterocycles. The lowest BCUT2D eigenvalue weighted by Gasteiger charge is -1.85. The minimum Gasteiger partial charge on any atom is -0.281 e. The first-order valence-corrected chi connectivity index (χ1v) is 3.22. The number of carbonyl (C=O) groups excluding carboxylic acids is 1. The monoisotopic (exact) mass is 158 g/mol. The first kappa shape index (κ1) is 7.28. The van der Waals surface area contributed by atoms with Gasteiger partial charge in [0, 0.05) is 19.7 Å².